The summed E-state index contributed by atoms with van der Waals surface area (Å²) >= 11 is 0. The van der Waals surface area contributed by atoms with Crippen molar-refractivity contribution in [1.29, 1.82) is 0 Å². The highest BCUT2D eigenvalue weighted by Crippen LogP contribution is 2.38. The van der Waals surface area contributed by atoms with Crippen molar-refractivity contribution in [1.82, 2.24) is 15.6 Å². The molecule has 0 spiro atoms. The minimum absolute atomic E-state index is 0.121. The molecule has 0 bridgehead atoms. The fourth-order valence-electron chi connectivity index (χ4n) is 3.43. The zero-order valence-corrected chi connectivity index (χ0v) is 14.2. The lowest BCUT2D eigenvalue weighted by atomic mass is 10.1. The van der Waals surface area contributed by atoms with E-state index >= 15 is 0 Å². The quantitative estimate of drug-likeness (QED) is 0.881. The summed E-state index contributed by atoms with van der Waals surface area (Å²) in [7, 11) is 0. The maximum atomic E-state index is 12.2. The number of ether oxygens (including phenoxy) is 1. The number of aromatic nitrogens is 1. The second kappa shape index (κ2) is 7.23. The highest BCUT2D eigenvalue weighted by atomic mass is 16.5. The summed E-state index contributed by atoms with van der Waals surface area (Å²) in [6.07, 6.45) is 5.35. The minimum Gasteiger partial charge on any atom is -0.376 e. The van der Waals surface area contributed by atoms with Gasteiger partial charge in [-0.3, -0.25) is 4.98 Å². The first-order valence-corrected chi connectivity index (χ1v) is 8.96. The van der Waals surface area contributed by atoms with E-state index in [0.29, 0.717) is 12.5 Å². The van der Waals surface area contributed by atoms with E-state index in [1.165, 1.54) is 12.8 Å². The van der Waals surface area contributed by atoms with Gasteiger partial charge in [-0.15, -0.1) is 0 Å². The smallest absolute Gasteiger partial charge is 0.315 e. The number of benzene rings is 1. The molecule has 0 unspecified atom stereocenters. The highest BCUT2D eigenvalue weighted by Gasteiger charge is 2.41. The van der Waals surface area contributed by atoms with Crippen molar-refractivity contribution in [2.45, 2.75) is 38.0 Å². The van der Waals surface area contributed by atoms with Crippen molar-refractivity contribution in [3.05, 3.63) is 54.2 Å². The van der Waals surface area contributed by atoms with Crippen LogP contribution in [0.3, 0.4) is 0 Å². The monoisotopic (exact) mass is 337 g/mol. The lowest BCUT2D eigenvalue weighted by molar-refractivity contribution is 0.0825. The zero-order valence-electron chi connectivity index (χ0n) is 14.2. The van der Waals surface area contributed by atoms with E-state index in [2.05, 4.69) is 21.7 Å². The summed E-state index contributed by atoms with van der Waals surface area (Å²) in [5.41, 5.74) is 3.04. The average Bonchev–Trinajstić information content (AvgIpc) is 3.40. The van der Waals surface area contributed by atoms with Crippen LogP contribution in [0, 0.1) is 5.92 Å². The number of pyridine rings is 1. The van der Waals surface area contributed by atoms with E-state index in [1.807, 2.05) is 36.4 Å². The Kier molecular flexibility index (Phi) is 4.65. The summed E-state index contributed by atoms with van der Waals surface area (Å²) in [5, 5.41) is 6.04. The molecule has 25 heavy (non-hydrogen) atoms. The Bertz CT molecular complexity index is 731. The molecular formula is C20H23N3O2. The predicted molar refractivity (Wildman–Crippen MR) is 95.9 cm³/mol. The summed E-state index contributed by atoms with van der Waals surface area (Å²) in [4.78, 5) is 16.6. The fraction of sp³-hybridized carbons (Fsp3) is 0.400. The largest absolute Gasteiger partial charge is 0.376 e. The summed E-state index contributed by atoms with van der Waals surface area (Å²) in [6.45, 7) is 1.24. The molecule has 2 N–H and O–H groups in total. The van der Waals surface area contributed by atoms with Gasteiger partial charge in [0, 0.05) is 24.9 Å². The number of carbonyl (C=O) groups is 1. The first-order valence-electron chi connectivity index (χ1n) is 8.96. The molecule has 2 aliphatic rings. The molecule has 2 amide bonds. The number of urea groups is 1. The molecule has 0 radical (unpaired) electrons. The van der Waals surface area contributed by atoms with Crippen LogP contribution < -0.4 is 10.6 Å². The van der Waals surface area contributed by atoms with Gasteiger partial charge in [0.25, 0.3) is 0 Å². The molecule has 1 aromatic heterocycles. The van der Waals surface area contributed by atoms with E-state index in [0.717, 1.165) is 29.8 Å². The van der Waals surface area contributed by atoms with Crippen molar-refractivity contribution in [2.24, 2.45) is 5.92 Å². The van der Waals surface area contributed by atoms with Crippen LogP contribution in [-0.4, -0.2) is 29.8 Å². The van der Waals surface area contributed by atoms with Gasteiger partial charge in [-0.2, -0.15) is 0 Å². The molecule has 1 aliphatic heterocycles. The van der Waals surface area contributed by atoms with Gasteiger partial charge in [-0.05, 0) is 48.9 Å². The van der Waals surface area contributed by atoms with Crippen LogP contribution in [0.15, 0.2) is 48.7 Å². The van der Waals surface area contributed by atoms with Gasteiger partial charge in [-0.1, -0.05) is 24.3 Å². The minimum atomic E-state index is -0.121. The topological polar surface area (TPSA) is 63.2 Å². The van der Waals surface area contributed by atoms with Crippen molar-refractivity contribution in [2.75, 3.05) is 6.61 Å². The molecular weight excluding hydrogens is 314 g/mol. The van der Waals surface area contributed by atoms with Gasteiger partial charge in [0.2, 0.25) is 0 Å². The van der Waals surface area contributed by atoms with E-state index in [-0.39, 0.29) is 18.2 Å². The third-order valence-corrected chi connectivity index (χ3v) is 4.88. The van der Waals surface area contributed by atoms with Crippen LogP contribution in [0.4, 0.5) is 4.79 Å². The van der Waals surface area contributed by atoms with Crippen molar-refractivity contribution < 1.29 is 9.53 Å². The lowest BCUT2D eigenvalue weighted by Crippen LogP contribution is -2.46. The number of hydrogen-bond acceptors (Lipinski definition) is 3. The van der Waals surface area contributed by atoms with Gasteiger partial charge in [-0.25, -0.2) is 4.79 Å². The number of nitrogens with zero attached hydrogens (tertiary/aromatic N) is 1. The van der Waals surface area contributed by atoms with Crippen LogP contribution in [0.25, 0.3) is 11.3 Å². The van der Waals surface area contributed by atoms with Crippen LogP contribution in [0.5, 0.6) is 0 Å². The maximum absolute atomic E-state index is 12.2. The summed E-state index contributed by atoms with van der Waals surface area (Å²) < 4.78 is 5.77. The third-order valence-electron chi connectivity index (χ3n) is 4.88. The molecule has 5 nitrogen and oxygen atoms in total. The number of rotatable bonds is 5. The second-order valence-corrected chi connectivity index (χ2v) is 6.81. The number of hydrogen-bond donors (Lipinski definition) is 2. The lowest BCUT2D eigenvalue weighted by Gasteiger charge is -2.19. The normalized spacial score (nSPS) is 22.6. The number of carbonyl (C=O) groups excluding carboxylic acids is 1. The van der Waals surface area contributed by atoms with Crippen LogP contribution in [0.2, 0.25) is 0 Å². The molecule has 1 saturated carbocycles. The van der Waals surface area contributed by atoms with Gasteiger partial charge in [0.1, 0.15) is 0 Å². The van der Waals surface area contributed by atoms with E-state index in [1.54, 1.807) is 6.20 Å². The predicted octanol–water partition coefficient (Wildman–Crippen LogP) is 3.12. The highest BCUT2D eigenvalue weighted by molar-refractivity contribution is 5.74. The van der Waals surface area contributed by atoms with Gasteiger partial charge in [0.15, 0.2) is 0 Å². The van der Waals surface area contributed by atoms with Crippen molar-refractivity contribution >= 4 is 6.03 Å². The Morgan fingerprint density at radius 3 is 2.88 bits per heavy atom. The molecule has 2 aromatic rings. The van der Waals surface area contributed by atoms with Gasteiger partial charge in [0.05, 0.1) is 17.8 Å². The van der Waals surface area contributed by atoms with Crippen LogP contribution in [-0.2, 0) is 11.3 Å². The molecule has 5 heteroatoms. The first-order chi connectivity index (χ1) is 12.3. The molecule has 2 heterocycles. The molecule has 130 valence electrons. The van der Waals surface area contributed by atoms with E-state index < -0.39 is 0 Å². The second-order valence-electron chi connectivity index (χ2n) is 6.81. The first kappa shape index (κ1) is 16.1. The van der Waals surface area contributed by atoms with Crippen molar-refractivity contribution in [3.8, 4) is 11.3 Å². The Morgan fingerprint density at radius 1 is 1.16 bits per heavy atom. The third kappa shape index (κ3) is 3.99. The van der Waals surface area contributed by atoms with Crippen molar-refractivity contribution in [3.63, 3.8) is 0 Å². The molecule has 2 fully saturated rings. The Hall–Kier alpha value is -2.40. The Labute approximate surface area is 147 Å². The fourth-order valence-corrected chi connectivity index (χ4v) is 3.43. The summed E-state index contributed by atoms with van der Waals surface area (Å²) in [5.74, 6) is 0.642. The van der Waals surface area contributed by atoms with Crippen LogP contribution in [0.1, 0.15) is 24.8 Å². The van der Waals surface area contributed by atoms with E-state index in [9.17, 15) is 4.79 Å². The SMILES string of the molecule is O=C(NCc1cccc(-c2ccccn2)c1)N[C@H]1CCO[C@H]1C1CC1. The average molecular weight is 337 g/mol. The number of nitrogens with one attached hydrogen (secondary N) is 2. The molecule has 1 saturated heterocycles. The summed E-state index contributed by atoms with van der Waals surface area (Å²) in [6, 6.07) is 14.0. The van der Waals surface area contributed by atoms with E-state index in [4.69, 9.17) is 4.74 Å². The molecule has 2 atom stereocenters. The maximum Gasteiger partial charge on any atom is 0.315 e. The standard InChI is InChI=1S/C20H23N3O2/c24-20(23-18-9-11-25-19(18)15-7-8-15)22-13-14-4-3-5-16(12-14)17-6-1-2-10-21-17/h1-6,10,12,15,18-19H,7-9,11,13H2,(H2,22,23,24)/t18-,19-/m0/s1. The molecule has 4 rings (SSSR count). The zero-order chi connectivity index (χ0) is 17.1. The van der Waals surface area contributed by atoms with Gasteiger partial charge >= 0.3 is 6.03 Å². The van der Waals surface area contributed by atoms with Gasteiger partial charge < -0.3 is 15.4 Å². The van der Waals surface area contributed by atoms with Crippen LogP contribution >= 0.6 is 0 Å². The number of amides is 2. The molecule has 1 aliphatic carbocycles. The molecule has 1 aromatic carbocycles. The Balaban J connectivity index is 1.33. The Morgan fingerprint density at radius 2 is 2.08 bits per heavy atom.